The molecule has 118 valence electrons. The lowest BCUT2D eigenvalue weighted by Crippen LogP contribution is -2.27. The molecular formula is C17H23N3O2. The van der Waals surface area contributed by atoms with Crippen LogP contribution >= 0.6 is 0 Å². The maximum Gasteiger partial charge on any atom is 0.271 e. The molecule has 5 nitrogen and oxygen atoms in total. The highest BCUT2D eigenvalue weighted by Crippen LogP contribution is 2.19. The highest BCUT2D eigenvalue weighted by molar-refractivity contribution is 5.27. The molecule has 0 saturated heterocycles. The van der Waals surface area contributed by atoms with E-state index >= 15 is 0 Å². The zero-order chi connectivity index (χ0) is 15.7. The maximum absolute atomic E-state index is 12.4. The average molecular weight is 301 g/mol. The summed E-state index contributed by atoms with van der Waals surface area (Å²) in [5, 5.41) is 0. The van der Waals surface area contributed by atoms with Crippen molar-refractivity contribution < 1.29 is 4.74 Å². The van der Waals surface area contributed by atoms with Crippen LogP contribution in [0.1, 0.15) is 23.2 Å². The van der Waals surface area contributed by atoms with Gasteiger partial charge in [0, 0.05) is 32.9 Å². The van der Waals surface area contributed by atoms with Crippen LogP contribution in [0.25, 0.3) is 0 Å². The Morgan fingerprint density at radius 2 is 1.86 bits per heavy atom. The van der Waals surface area contributed by atoms with E-state index in [9.17, 15) is 4.79 Å². The summed E-state index contributed by atoms with van der Waals surface area (Å²) in [7, 11) is 5.49. The average Bonchev–Trinajstić information content (AvgIpc) is 2.71. The molecule has 0 aliphatic carbocycles. The summed E-state index contributed by atoms with van der Waals surface area (Å²) < 4.78 is 8.90. The normalized spacial score (nSPS) is 15.4. The Bertz CT molecular complexity index is 713. The minimum Gasteiger partial charge on any atom is -0.497 e. The smallest absolute Gasteiger partial charge is 0.271 e. The fourth-order valence-electron chi connectivity index (χ4n) is 3.20. The summed E-state index contributed by atoms with van der Waals surface area (Å²) in [5.74, 6) is 0.874. The molecule has 1 aliphatic rings. The second kappa shape index (κ2) is 6.01. The van der Waals surface area contributed by atoms with Gasteiger partial charge in [-0.2, -0.15) is 0 Å². The van der Waals surface area contributed by atoms with Crippen LogP contribution < -0.4 is 10.3 Å². The molecular weight excluding hydrogens is 278 g/mol. The van der Waals surface area contributed by atoms with Gasteiger partial charge in [0.2, 0.25) is 0 Å². The highest BCUT2D eigenvalue weighted by atomic mass is 16.5. The van der Waals surface area contributed by atoms with Gasteiger partial charge < -0.3 is 4.74 Å². The lowest BCUT2D eigenvalue weighted by atomic mass is 10.2. The summed E-state index contributed by atoms with van der Waals surface area (Å²) in [6.07, 6.45) is 2.06. The fraction of sp³-hybridized carbons (Fsp3) is 0.471. The van der Waals surface area contributed by atoms with Gasteiger partial charge in [0.25, 0.3) is 5.56 Å². The maximum atomic E-state index is 12.4. The van der Waals surface area contributed by atoms with Gasteiger partial charge >= 0.3 is 0 Å². The third kappa shape index (κ3) is 2.68. The Labute approximate surface area is 130 Å². The predicted molar refractivity (Wildman–Crippen MR) is 86.1 cm³/mol. The van der Waals surface area contributed by atoms with E-state index in [1.807, 2.05) is 30.9 Å². The number of benzene rings is 1. The van der Waals surface area contributed by atoms with Crippen LogP contribution in [-0.2, 0) is 33.6 Å². The molecule has 5 heteroatoms. The molecule has 0 saturated carbocycles. The molecule has 22 heavy (non-hydrogen) atoms. The van der Waals surface area contributed by atoms with Crippen molar-refractivity contribution in [2.24, 2.45) is 14.1 Å². The number of nitrogens with zero attached hydrogens (tertiary/aromatic N) is 3. The first kappa shape index (κ1) is 14.9. The zero-order valence-electron chi connectivity index (χ0n) is 13.5. The lowest BCUT2D eigenvalue weighted by molar-refractivity contribution is 0.259. The molecule has 0 radical (unpaired) electrons. The Morgan fingerprint density at radius 3 is 2.55 bits per heavy atom. The van der Waals surface area contributed by atoms with E-state index in [2.05, 4.69) is 17.0 Å². The third-order valence-corrected chi connectivity index (χ3v) is 4.58. The topological polar surface area (TPSA) is 39.4 Å². The molecule has 1 aromatic heterocycles. The summed E-state index contributed by atoms with van der Waals surface area (Å²) in [6, 6.07) is 8.15. The van der Waals surface area contributed by atoms with Crippen molar-refractivity contribution in [1.82, 2.24) is 14.3 Å². The predicted octanol–water partition coefficient (Wildman–Crippen LogP) is 1.68. The summed E-state index contributed by atoms with van der Waals surface area (Å²) in [4.78, 5) is 14.7. The number of rotatable bonds is 3. The quantitative estimate of drug-likeness (QED) is 0.866. The van der Waals surface area contributed by atoms with Crippen molar-refractivity contribution in [3.63, 3.8) is 0 Å². The second-order valence-electron chi connectivity index (χ2n) is 5.94. The molecule has 0 bridgehead atoms. The van der Waals surface area contributed by atoms with E-state index < -0.39 is 0 Å². The number of ether oxygens (including phenoxy) is 1. The van der Waals surface area contributed by atoms with Gasteiger partial charge in [-0.05, 0) is 37.1 Å². The van der Waals surface area contributed by atoms with Gasteiger partial charge in [0.05, 0.1) is 12.7 Å². The van der Waals surface area contributed by atoms with Crippen molar-refractivity contribution in [1.29, 1.82) is 0 Å². The Balaban J connectivity index is 1.80. The Kier molecular flexibility index (Phi) is 4.07. The summed E-state index contributed by atoms with van der Waals surface area (Å²) in [6.45, 7) is 2.61. The SMILES string of the molecule is COc1ccc(CN2CCCc3c(c(=O)n(C)n3C)C2)cc1. The number of hydrogen-bond donors (Lipinski definition) is 0. The van der Waals surface area contributed by atoms with Gasteiger partial charge in [-0.1, -0.05) is 12.1 Å². The van der Waals surface area contributed by atoms with Crippen LogP contribution in [0, 0.1) is 0 Å². The van der Waals surface area contributed by atoms with Gasteiger partial charge in [-0.15, -0.1) is 0 Å². The highest BCUT2D eigenvalue weighted by Gasteiger charge is 2.22. The molecule has 1 aliphatic heterocycles. The van der Waals surface area contributed by atoms with Crippen molar-refractivity contribution >= 4 is 0 Å². The van der Waals surface area contributed by atoms with Gasteiger partial charge in [0.15, 0.2) is 0 Å². The minimum absolute atomic E-state index is 0.138. The summed E-state index contributed by atoms with van der Waals surface area (Å²) >= 11 is 0. The van der Waals surface area contributed by atoms with E-state index in [1.54, 1.807) is 11.8 Å². The van der Waals surface area contributed by atoms with E-state index in [-0.39, 0.29) is 5.56 Å². The van der Waals surface area contributed by atoms with E-state index in [0.717, 1.165) is 43.8 Å². The van der Waals surface area contributed by atoms with Crippen LogP contribution in [0.15, 0.2) is 29.1 Å². The molecule has 0 N–H and O–H groups in total. The van der Waals surface area contributed by atoms with E-state index in [4.69, 9.17) is 4.74 Å². The van der Waals surface area contributed by atoms with E-state index in [1.165, 1.54) is 11.3 Å². The van der Waals surface area contributed by atoms with Crippen LogP contribution in [0.4, 0.5) is 0 Å². The van der Waals surface area contributed by atoms with E-state index in [0.29, 0.717) is 0 Å². The molecule has 3 rings (SSSR count). The van der Waals surface area contributed by atoms with Crippen molar-refractivity contribution in [2.75, 3.05) is 13.7 Å². The van der Waals surface area contributed by atoms with Gasteiger partial charge in [0.1, 0.15) is 5.75 Å². The number of fused-ring (bicyclic) bond motifs is 1. The van der Waals surface area contributed by atoms with Gasteiger partial charge in [-0.3, -0.25) is 19.1 Å². The molecule has 0 amide bonds. The number of methoxy groups -OCH3 is 1. The monoisotopic (exact) mass is 301 g/mol. The first-order chi connectivity index (χ1) is 10.6. The molecule has 2 heterocycles. The fourth-order valence-corrected chi connectivity index (χ4v) is 3.20. The molecule has 2 aromatic rings. The van der Waals surface area contributed by atoms with Crippen molar-refractivity contribution in [3.05, 3.63) is 51.4 Å². The Hall–Kier alpha value is -2.01. The molecule has 0 unspecified atom stereocenters. The lowest BCUT2D eigenvalue weighted by Gasteiger charge is -2.19. The number of aromatic nitrogens is 2. The largest absolute Gasteiger partial charge is 0.497 e. The van der Waals surface area contributed by atoms with Crippen molar-refractivity contribution in [2.45, 2.75) is 25.9 Å². The Morgan fingerprint density at radius 1 is 1.14 bits per heavy atom. The molecule has 1 aromatic carbocycles. The zero-order valence-corrected chi connectivity index (χ0v) is 13.5. The molecule has 0 spiro atoms. The summed E-state index contributed by atoms with van der Waals surface area (Å²) in [5.41, 5.74) is 3.52. The molecule has 0 fully saturated rings. The van der Waals surface area contributed by atoms with Crippen LogP contribution in [0.2, 0.25) is 0 Å². The first-order valence-corrected chi connectivity index (χ1v) is 7.69. The number of hydrogen-bond acceptors (Lipinski definition) is 3. The van der Waals surface area contributed by atoms with Crippen LogP contribution in [0.3, 0.4) is 0 Å². The first-order valence-electron chi connectivity index (χ1n) is 7.69. The second-order valence-corrected chi connectivity index (χ2v) is 5.94. The minimum atomic E-state index is 0.138. The van der Waals surface area contributed by atoms with Gasteiger partial charge in [-0.25, -0.2) is 0 Å². The third-order valence-electron chi connectivity index (χ3n) is 4.58. The molecule has 0 atom stereocenters. The van der Waals surface area contributed by atoms with Crippen molar-refractivity contribution in [3.8, 4) is 5.75 Å². The standard InChI is InChI=1S/C17H23N3O2/c1-18-16-5-4-10-20(12-15(16)17(21)19(18)2)11-13-6-8-14(22-3)9-7-13/h6-9H,4-5,10-12H2,1-3H3. The van der Waals surface area contributed by atoms with Crippen LogP contribution in [-0.4, -0.2) is 27.9 Å². The van der Waals surface area contributed by atoms with Crippen LogP contribution in [0.5, 0.6) is 5.75 Å².